The van der Waals surface area contributed by atoms with Gasteiger partial charge in [-0.15, -0.1) is 11.3 Å². The minimum atomic E-state index is -3.66. The summed E-state index contributed by atoms with van der Waals surface area (Å²) in [6.07, 6.45) is 0. The van der Waals surface area contributed by atoms with Gasteiger partial charge in [-0.25, -0.2) is 13.1 Å². The summed E-state index contributed by atoms with van der Waals surface area (Å²) in [7, 11) is -3.66. The van der Waals surface area contributed by atoms with E-state index in [0.717, 1.165) is 4.88 Å². The van der Waals surface area contributed by atoms with Gasteiger partial charge in [0.15, 0.2) is 0 Å². The lowest BCUT2D eigenvalue weighted by Crippen LogP contribution is -2.24. The summed E-state index contributed by atoms with van der Waals surface area (Å²) in [5.41, 5.74) is 1.02. The van der Waals surface area contributed by atoms with Gasteiger partial charge in [-0.05, 0) is 41.6 Å². The molecule has 2 aromatic rings. The smallest absolute Gasteiger partial charge is 0.241 e. The standard InChI is InChI=1S/C13H14ClNO3S2/c1-9-10(8-16)5-11(14)6-13(9)20(17,18)15-7-12-3-2-4-19-12/h2-6,15-16H,7-8H2,1H3. The lowest BCUT2D eigenvalue weighted by molar-refractivity contribution is 0.280. The van der Waals surface area contributed by atoms with E-state index < -0.39 is 10.0 Å². The topological polar surface area (TPSA) is 66.4 Å². The molecule has 0 saturated carbocycles. The Kier molecular flexibility index (Phi) is 4.82. The maximum Gasteiger partial charge on any atom is 0.241 e. The van der Waals surface area contributed by atoms with Gasteiger partial charge in [0.25, 0.3) is 0 Å². The quantitative estimate of drug-likeness (QED) is 0.885. The zero-order valence-electron chi connectivity index (χ0n) is 10.8. The predicted molar refractivity (Wildman–Crippen MR) is 80.5 cm³/mol. The van der Waals surface area contributed by atoms with Crippen LogP contribution in [0.2, 0.25) is 5.02 Å². The number of nitrogens with one attached hydrogen (secondary N) is 1. The average molecular weight is 332 g/mol. The fourth-order valence-electron chi connectivity index (χ4n) is 1.81. The fourth-order valence-corrected chi connectivity index (χ4v) is 4.17. The molecule has 0 radical (unpaired) electrons. The summed E-state index contributed by atoms with van der Waals surface area (Å²) < 4.78 is 27.2. The molecule has 0 fully saturated rings. The van der Waals surface area contributed by atoms with Gasteiger partial charge in [-0.1, -0.05) is 17.7 Å². The first kappa shape index (κ1) is 15.5. The summed E-state index contributed by atoms with van der Waals surface area (Å²) in [4.78, 5) is 1.03. The van der Waals surface area contributed by atoms with Crippen molar-refractivity contribution in [1.29, 1.82) is 0 Å². The minimum absolute atomic E-state index is 0.102. The second-order valence-corrected chi connectivity index (χ2v) is 7.45. The third kappa shape index (κ3) is 3.39. The number of hydrogen-bond acceptors (Lipinski definition) is 4. The van der Waals surface area contributed by atoms with Gasteiger partial charge in [0.1, 0.15) is 0 Å². The SMILES string of the molecule is Cc1c(CO)cc(Cl)cc1S(=O)(=O)NCc1cccs1. The number of rotatable bonds is 5. The Hall–Kier alpha value is -0.920. The lowest BCUT2D eigenvalue weighted by Gasteiger charge is -2.12. The Balaban J connectivity index is 2.31. The number of sulfonamides is 1. The van der Waals surface area contributed by atoms with E-state index in [4.69, 9.17) is 11.6 Å². The number of halogens is 1. The van der Waals surface area contributed by atoms with Crippen molar-refractivity contribution < 1.29 is 13.5 Å². The van der Waals surface area contributed by atoms with Crippen LogP contribution >= 0.6 is 22.9 Å². The molecule has 1 aromatic heterocycles. The first-order chi connectivity index (χ1) is 9.44. The van der Waals surface area contributed by atoms with Crippen LogP contribution in [0.1, 0.15) is 16.0 Å². The van der Waals surface area contributed by atoms with E-state index in [1.54, 1.807) is 13.0 Å². The average Bonchev–Trinajstić information content (AvgIpc) is 2.92. The number of aliphatic hydroxyl groups is 1. The molecule has 1 aromatic carbocycles. The zero-order valence-corrected chi connectivity index (χ0v) is 13.1. The van der Waals surface area contributed by atoms with E-state index in [-0.39, 0.29) is 23.1 Å². The van der Waals surface area contributed by atoms with Crippen LogP contribution in [0.4, 0.5) is 0 Å². The van der Waals surface area contributed by atoms with Crippen molar-refractivity contribution in [2.75, 3.05) is 0 Å². The maximum absolute atomic E-state index is 12.3. The maximum atomic E-state index is 12.3. The van der Waals surface area contributed by atoms with E-state index in [0.29, 0.717) is 11.1 Å². The Labute approximate surface area is 127 Å². The lowest BCUT2D eigenvalue weighted by atomic mass is 10.1. The molecule has 0 aliphatic heterocycles. The molecule has 0 spiro atoms. The van der Waals surface area contributed by atoms with Crippen molar-refractivity contribution >= 4 is 33.0 Å². The molecule has 2 rings (SSSR count). The molecule has 0 atom stereocenters. The van der Waals surface area contributed by atoms with E-state index in [9.17, 15) is 13.5 Å². The highest BCUT2D eigenvalue weighted by atomic mass is 35.5. The van der Waals surface area contributed by atoms with Crippen LogP contribution < -0.4 is 4.72 Å². The summed E-state index contributed by atoms with van der Waals surface area (Å²) in [5.74, 6) is 0. The monoisotopic (exact) mass is 331 g/mol. The van der Waals surface area contributed by atoms with Crippen molar-refractivity contribution in [3.63, 3.8) is 0 Å². The van der Waals surface area contributed by atoms with Crippen LogP contribution in [0.3, 0.4) is 0 Å². The zero-order chi connectivity index (χ0) is 14.8. The van der Waals surface area contributed by atoms with Crippen LogP contribution in [0, 0.1) is 6.92 Å². The highest BCUT2D eigenvalue weighted by molar-refractivity contribution is 7.89. The molecule has 0 aliphatic rings. The molecule has 0 amide bonds. The molecular weight excluding hydrogens is 318 g/mol. The highest BCUT2D eigenvalue weighted by Gasteiger charge is 2.19. The van der Waals surface area contributed by atoms with Gasteiger partial charge in [0.05, 0.1) is 11.5 Å². The number of thiophene rings is 1. The normalized spacial score (nSPS) is 11.8. The van der Waals surface area contributed by atoms with Gasteiger partial charge in [0, 0.05) is 16.4 Å². The van der Waals surface area contributed by atoms with Gasteiger partial charge in [0.2, 0.25) is 10.0 Å². The molecule has 7 heteroatoms. The molecule has 0 aliphatic carbocycles. The molecule has 2 N–H and O–H groups in total. The van der Waals surface area contributed by atoms with E-state index >= 15 is 0 Å². The number of benzene rings is 1. The van der Waals surface area contributed by atoms with Crippen LogP contribution in [-0.4, -0.2) is 13.5 Å². The molecule has 108 valence electrons. The predicted octanol–water partition coefficient (Wildman–Crippen LogP) is 2.68. The Morgan fingerprint density at radius 2 is 2.15 bits per heavy atom. The number of hydrogen-bond donors (Lipinski definition) is 2. The molecule has 1 heterocycles. The van der Waals surface area contributed by atoms with E-state index in [1.165, 1.54) is 17.4 Å². The summed E-state index contributed by atoms with van der Waals surface area (Å²) >= 11 is 7.39. The highest BCUT2D eigenvalue weighted by Crippen LogP contribution is 2.24. The van der Waals surface area contributed by atoms with Gasteiger partial charge < -0.3 is 5.11 Å². The Morgan fingerprint density at radius 3 is 2.75 bits per heavy atom. The van der Waals surface area contributed by atoms with Gasteiger partial charge >= 0.3 is 0 Å². The summed E-state index contributed by atoms with van der Waals surface area (Å²) in [5, 5.41) is 11.4. The van der Waals surface area contributed by atoms with Gasteiger partial charge in [-0.2, -0.15) is 0 Å². The molecule has 20 heavy (non-hydrogen) atoms. The van der Waals surface area contributed by atoms with E-state index in [1.807, 2.05) is 17.5 Å². The molecule has 0 bridgehead atoms. The van der Waals surface area contributed by atoms with Crippen molar-refractivity contribution in [3.8, 4) is 0 Å². The Morgan fingerprint density at radius 1 is 1.40 bits per heavy atom. The van der Waals surface area contributed by atoms with Crippen molar-refractivity contribution in [1.82, 2.24) is 4.72 Å². The molecular formula is C13H14ClNO3S2. The molecule has 0 saturated heterocycles. The third-order valence-corrected chi connectivity index (χ3v) is 5.53. The van der Waals surface area contributed by atoms with Crippen LogP contribution in [-0.2, 0) is 23.2 Å². The first-order valence-corrected chi connectivity index (χ1v) is 8.60. The second-order valence-electron chi connectivity index (χ2n) is 4.25. The third-order valence-electron chi connectivity index (χ3n) is 2.91. The molecule has 4 nitrogen and oxygen atoms in total. The summed E-state index contributed by atoms with van der Waals surface area (Å²) in [6.45, 7) is 1.64. The van der Waals surface area contributed by atoms with Crippen LogP contribution in [0.25, 0.3) is 0 Å². The molecule has 0 unspecified atom stereocenters. The number of aliphatic hydroxyl groups excluding tert-OH is 1. The largest absolute Gasteiger partial charge is 0.392 e. The van der Waals surface area contributed by atoms with Crippen LogP contribution in [0.5, 0.6) is 0 Å². The van der Waals surface area contributed by atoms with Crippen molar-refractivity contribution in [2.24, 2.45) is 0 Å². The van der Waals surface area contributed by atoms with Crippen LogP contribution in [0.15, 0.2) is 34.5 Å². The van der Waals surface area contributed by atoms with Crippen molar-refractivity contribution in [2.45, 2.75) is 25.0 Å². The van der Waals surface area contributed by atoms with Gasteiger partial charge in [-0.3, -0.25) is 0 Å². The Bertz CT molecular complexity index is 697. The summed E-state index contributed by atoms with van der Waals surface area (Å²) in [6, 6.07) is 6.68. The van der Waals surface area contributed by atoms with E-state index in [2.05, 4.69) is 4.72 Å². The first-order valence-electron chi connectivity index (χ1n) is 5.86. The van der Waals surface area contributed by atoms with Crippen molar-refractivity contribution in [3.05, 3.63) is 50.7 Å². The second kappa shape index (κ2) is 6.24. The minimum Gasteiger partial charge on any atom is -0.392 e. The fraction of sp³-hybridized carbons (Fsp3) is 0.231.